The Labute approximate surface area is 91.9 Å². The third kappa shape index (κ3) is 3.51. The van der Waals surface area contributed by atoms with Gasteiger partial charge in [0.05, 0.1) is 6.10 Å². The van der Waals surface area contributed by atoms with Crippen molar-refractivity contribution in [2.75, 3.05) is 7.05 Å². The van der Waals surface area contributed by atoms with Crippen molar-refractivity contribution in [3.8, 4) is 5.88 Å². The van der Waals surface area contributed by atoms with E-state index < -0.39 is 0 Å². The quantitative estimate of drug-likeness (QED) is 0.805. The smallest absolute Gasteiger partial charge is 0.218 e. The highest BCUT2D eigenvalue weighted by Gasteiger charge is 2.11. The van der Waals surface area contributed by atoms with E-state index in [0.29, 0.717) is 5.92 Å². The maximum Gasteiger partial charge on any atom is 0.218 e. The molecule has 1 heterocycles. The topological polar surface area (TPSA) is 34.2 Å². The zero-order valence-corrected chi connectivity index (χ0v) is 9.95. The Morgan fingerprint density at radius 1 is 1.40 bits per heavy atom. The van der Waals surface area contributed by atoms with Gasteiger partial charge in [0.15, 0.2) is 0 Å². The van der Waals surface area contributed by atoms with E-state index in [1.54, 1.807) is 6.20 Å². The highest BCUT2D eigenvalue weighted by molar-refractivity contribution is 5.25. The molecule has 0 aliphatic heterocycles. The molecule has 0 fully saturated rings. The molecule has 0 amide bonds. The van der Waals surface area contributed by atoms with Gasteiger partial charge in [0.2, 0.25) is 5.88 Å². The molecule has 1 aromatic rings. The molecule has 0 radical (unpaired) electrons. The zero-order chi connectivity index (χ0) is 11.3. The number of hydrogen-bond donors (Lipinski definition) is 1. The molecule has 0 spiro atoms. The van der Waals surface area contributed by atoms with Gasteiger partial charge in [0, 0.05) is 18.3 Å². The van der Waals surface area contributed by atoms with Gasteiger partial charge >= 0.3 is 0 Å². The predicted molar refractivity (Wildman–Crippen MR) is 61.9 cm³/mol. The van der Waals surface area contributed by atoms with Crippen LogP contribution in [-0.4, -0.2) is 18.1 Å². The largest absolute Gasteiger partial charge is 0.474 e. The van der Waals surface area contributed by atoms with Crippen molar-refractivity contribution in [3.63, 3.8) is 0 Å². The first-order valence-corrected chi connectivity index (χ1v) is 5.40. The van der Waals surface area contributed by atoms with Crippen LogP contribution in [0.2, 0.25) is 0 Å². The first kappa shape index (κ1) is 12.0. The summed E-state index contributed by atoms with van der Waals surface area (Å²) < 4.78 is 5.81. The lowest BCUT2D eigenvalue weighted by Gasteiger charge is -2.19. The number of rotatable bonds is 5. The molecule has 0 saturated carbocycles. The SMILES string of the molecule is CNCc1cccnc1OC(C)C(C)C. The van der Waals surface area contributed by atoms with Crippen molar-refractivity contribution in [3.05, 3.63) is 23.9 Å². The van der Waals surface area contributed by atoms with E-state index in [1.165, 1.54) is 0 Å². The van der Waals surface area contributed by atoms with Gasteiger partial charge < -0.3 is 10.1 Å². The standard InChI is InChI=1S/C12H20N2O/c1-9(2)10(3)15-12-11(8-13-4)6-5-7-14-12/h5-7,9-10,13H,8H2,1-4H3. The molecule has 1 aromatic heterocycles. The molecule has 0 bridgehead atoms. The van der Waals surface area contributed by atoms with Gasteiger partial charge in [-0.3, -0.25) is 0 Å². The zero-order valence-electron chi connectivity index (χ0n) is 9.95. The second-order valence-electron chi connectivity index (χ2n) is 4.06. The Morgan fingerprint density at radius 3 is 2.73 bits per heavy atom. The van der Waals surface area contributed by atoms with Gasteiger partial charge in [-0.2, -0.15) is 0 Å². The molecule has 0 saturated heterocycles. The average molecular weight is 208 g/mol. The van der Waals surface area contributed by atoms with Crippen LogP contribution in [-0.2, 0) is 6.54 Å². The molecule has 0 aromatic carbocycles. The minimum Gasteiger partial charge on any atom is -0.474 e. The monoisotopic (exact) mass is 208 g/mol. The van der Waals surface area contributed by atoms with E-state index >= 15 is 0 Å². The van der Waals surface area contributed by atoms with Crippen molar-refractivity contribution < 1.29 is 4.74 Å². The third-order valence-electron chi connectivity index (χ3n) is 2.45. The van der Waals surface area contributed by atoms with Crippen molar-refractivity contribution in [2.24, 2.45) is 5.92 Å². The summed E-state index contributed by atoms with van der Waals surface area (Å²) in [5.41, 5.74) is 1.10. The Balaban J connectivity index is 2.74. The summed E-state index contributed by atoms with van der Waals surface area (Å²) in [5.74, 6) is 1.24. The lowest BCUT2D eigenvalue weighted by Crippen LogP contribution is -2.20. The number of pyridine rings is 1. The van der Waals surface area contributed by atoms with E-state index in [1.807, 2.05) is 19.2 Å². The van der Waals surface area contributed by atoms with Crippen LogP contribution in [0.15, 0.2) is 18.3 Å². The van der Waals surface area contributed by atoms with Gasteiger partial charge in [0.25, 0.3) is 0 Å². The summed E-state index contributed by atoms with van der Waals surface area (Å²) in [6.45, 7) is 7.15. The van der Waals surface area contributed by atoms with Crippen LogP contribution < -0.4 is 10.1 Å². The van der Waals surface area contributed by atoms with Crippen LogP contribution in [0.5, 0.6) is 5.88 Å². The van der Waals surface area contributed by atoms with Crippen LogP contribution >= 0.6 is 0 Å². The molecule has 0 aliphatic carbocycles. The van der Waals surface area contributed by atoms with E-state index in [9.17, 15) is 0 Å². The molecule has 3 heteroatoms. The fourth-order valence-corrected chi connectivity index (χ4v) is 1.17. The van der Waals surface area contributed by atoms with Gasteiger partial charge in [-0.05, 0) is 26.0 Å². The fraction of sp³-hybridized carbons (Fsp3) is 0.583. The number of nitrogens with zero attached hydrogens (tertiary/aromatic N) is 1. The summed E-state index contributed by atoms with van der Waals surface area (Å²) in [6.07, 6.45) is 1.96. The second-order valence-corrected chi connectivity index (χ2v) is 4.06. The Bertz CT molecular complexity index is 299. The normalized spacial score (nSPS) is 12.9. The Morgan fingerprint density at radius 2 is 2.13 bits per heavy atom. The van der Waals surface area contributed by atoms with Crippen LogP contribution in [0.4, 0.5) is 0 Å². The predicted octanol–water partition coefficient (Wildman–Crippen LogP) is 2.22. The van der Waals surface area contributed by atoms with Crippen LogP contribution in [0.1, 0.15) is 26.3 Å². The lowest BCUT2D eigenvalue weighted by molar-refractivity contribution is 0.161. The van der Waals surface area contributed by atoms with Crippen LogP contribution in [0, 0.1) is 5.92 Å². The molecule has 3 nitrogen and oxygen atoms in total. The van der Waals surface area contributed by atoms with Gasteiger partial charge in [-0.15, -0.1) is 0 Å². The van der Waals surface area contributed by atoms with E-state index in [0.717, 1.165) is 18.0 Å². The van der Waals surface area contributed by atoms with E-state index in [4.69, 9.17) is 4.74 Å². The summed E-state index contributed by atoms with van der Waals surface area (Å²) in [6, 6.07) is 3.96. The molecule has 1 N–H and O–H groups in total. The average Bonchev–Trinajstić information content (AvgIpc) is 2.21. The summed E-state index contributed by atoms with van der Waals surface area (Å²) in [7, 11) is 1.92. The summed E-state index contributed by atoms with van der Waals surface area (Å²) in [4.78, 5) is 4.26. The van der Waals surface area contributed by atoms with E-state index in [2.05, 4.69) is 31.1 Å². The van der Waals surface area contributed by atoms with Gasteiger partial charge in [-0.25, -0.2) is 4.98 Å². The molecular weight excluding hydrogens is 188 g/mol. The maximum atomic E-state index is 5.81. The van der Waals surface area contributed by atoms with E-state index in [-0.39, 0.29) is 6.10 Å². The lowest BCUT2D eigenvalue weighted by atomic mass is 10.1. The highest BCUT2D eigenvalue weighted by atomic mass is 16.5. The number of ether oxygens (including phenoxy) is 1. The van der Waals surface area contributed by atoms with Crippen molar-refractivity contribution >= 4 is 0 Å². The van der Waals surface area contributed by atoms with Crippen LogP contribution in [0.3, 0.4) is 0 Å². The molecule has 0 aliphatic rings. The van der Waals surface area contributed by atoms with Gasteiger partial charge in [0.1, 0.15) is 0 Å². The molecule has 1 unspecified atom stereocenters. The summed E-state index contributed by atoms with van der Waals surface area (Å²) >= 11 is 0. The summed E-state index contributed by atoms with van der Waals surface area (Å²) in [5, 5.41) is 3.11. The van der Waals surface area contributed by atoms with Crippen molar-refractivity contribution in [1.29, 1.82) is 0 Å². The molecule has 1 rings (SSSR count). The second kappa shape index (κ2) is 5.71. The van der Waals surface area contributed by atoms with Crippen molar-refractivity contribution in [1.82, 2.24) is 10.3 Å². The first-order chi connectivity index (χ1) is 7.15. The van der Waals surface area contributed by atoms with Crippen LogP contribution in [0.25, 0.3) is 0 Å². The van der Waals surface area contributed by atoms with Gasteiger partial charge in [-0.1, -0.05) is 19.9 Å². The highest BCUT2D eigenvalue weighted by Crippen LogP contribution is 2.17. The first-order valence-electron chi connectivity index (χ1n) is 5.40. The number of nitrogens with one attached hydrogen (secondary N) is 1. The molecular formula is C12H20N2O. The maximum absolute atomic E-state index is 5.81. The Hall–Kier alpha value is -1.09. The molecule has 15 heavy (non-hydrogen) atoms. The minimum atomic E-state index is 0.190. The number of hydrogen-bond acceptors (Lipinski definition) is 3. The molecule has 1 atom stereocenters. The third-order valence-corrected chi connectivity index (χ3v) is 2.45. The molecule has 84 valence electrons. The Kier molecular flexibility index (Phi) is 4.56. The fourth-order valence-electron chi connectivity index (χ4n) is 1.17. The minimum absolute atomic E-state index is 0.190. The van der Waals surface area contributed by atoms with Crippen molar-refractivity contribution in [2.45, 2.75) is 33.4 Å². The number of aromatic nitrogens is 1.